The van der Waals surface area contributed by atoms with Crippen molar-refractivity contribution in [1.29, 1.82) is 0 Å². The van der Waals surface area contributed by atoms with E-state index < -0.39 is 45.2 Å². The number of phosphoric acid groups is 2. The van der Waals surface area contributed by atoms with Gasteiger partial charge in [0.05, 0.1) is 0 Å². The first-order valence-electron chi connectivity index (χ1n) is 5.90. The summed E-state index contributed by atoms with van der Waals surface area (Å²) < 4.78 is 30.2. The molecule has 0 saturated carbocycles. The van der Waals surface area contributed by atoms with Crippen molar-refractivity contribution in [3.63, 3.8) is 0 Å². The molecule has 2 radical (unpaired) electrons. The second-order valence-electron chi connectivity index (χ2n) is 4.42. The third-order valence-corrected chi connectivity index (χ3v) is 3.72. The fourth-order valence-corrected chi connectivity index (χ4v) is 3.22. The molecule has 1 aliphatic heterocycles. The topological polar surface area (TPSA) is 197 Å². The summed E-state index contributed by atoms with van der Waals surface area (Å²) in [5.74, 6) is -7.49. The number of phosphoric ester groups is 2. The minimum atomic E-state index is -5.72. The third kappa shape index (κ3) is 10.5. The van der Waals surface area contributed by atoms with Crippen LogP contribution in [0, 0.1) is 5.92 Å². The third-order valence-electron chi connectivity index (χ3n) is 2.72. The van der Waals surface area contributed by atoms with Gasteiger partial charge in [0.1, 0.15) is 5.92 Å². The van der Waals surface area contributed by atoms with Gasteiger partial charge in [0, 0.05) is 71.7 Å². The second-order valence-corrected chi connectivity index (χ2v) is 6.66. The Morgan fingerprint density at radius 3 is 1.85 bits per heavy atom. The van der Waals surface area contributed by atoms with Crippen molar-refractivity contribution in [1.82, 2.24) is 10.6 Å². The van der Waals surface area contributed by atoms with Crippen LogP contribution >= 0.6 is 15.6 Å². The van der Waals surface area contributed by atoms with Crippen molar-refractivity contribution in [2.45, 2.75) is 25.7 Å². The summed E-state index contributed by atoms with van der Waals surface area (Å²) in [5.41, 5.74) is 0. The molecule has 26 heavy (non-hydrogen) atoms. The predicted octanol–water partition coefficient (Wildman–Crippen LogP) is -9.85. The van der Waals surface area contributed by atoms with Gasteiger partial charge in [-0.1, -0.05) is 0 Å². The van der Waals surface area contributed by atoms with E-state index >= 15 is 0 Å². The predicted molar refractivity (Wildman–Crippen MR) is 75.8 cm³/mol. The first kappa shape index (κ1) is 36.5. The zero-order chi connectivity index (χ0) is 17.3. The van der Waals surface area contributed by atoms with E-state index in [1.807, 2.05) is 5.32 Å². The molecule has 18 heteroatoms. The van der Waals surface area contributed by atoms with Crippen molar-refractivity contribution in [2.24, 2.45) is 5.92 Å². The van der Waals surface area contributed by atoms with Crippen LogP contribution in [0.3, 0.4) is 0 Å². The molecule has 0 aliphatic carbocycles. The first-order valence-corrected chi connectivity index (χ1v) is 8.89. The first-order chi connectivity index (χ1) is 9.82. The summed E-state index contributed by atoms with van der Waals surface area (Å²) in [6.07, 6.45) is 0. The van der Waals surface area contributed by atoms with Crippen molar-refractivity contribution in [3.05, 3.63) is 0 Å². The molecule has 0 aromatic rings. The molecule has 130 valence electrons. The minimum Gasteiger partial charge on any atom is -0.756 e. The Hall–Kier alpha value is 3.16. The Bertz CT molecular complexity index is 545. The summed E-state index contributed by atoms with van der Waals surface area (Å²) in [6.45, 7) is 2.59. The van der Waals surface area contributed by atoms with Gasteiger partial charge in [-0.2, -0.15) is 0 Å². The Balaban J connectivity index is -0.000000605. The molecule has 1 fully saturated rings. The molecule has 4 unspecified atom stereocenters. The van der Waals surface area contributed by atoms with Gasteiger partial charge in [-0.3, -0.25) is 27.8 Å². The maximum absolute atomic E-state index is 12.1. The van der Waals surface area contributed by atoms with Crippen LogP contribution in [0.1, 0.15) is 13.8 Å². The molecule has 1 aliphatic rings. The SMILES string of the molecule is CCNC(=O)C(OP(=O)([O-])O)(OP(=O)([O-])O)C1C(=O)NC1C.[Na+].[Na+].[Na].[Na]. The molecular formula is C8H14N2Na4O10P2. The Kier molecular flexibility index (Phi) is 20.0. The molecule has 1 rings (SSSR count). The number of β-lactam (4-membered cyclic amide) rings is 1. The average molecular weight is 452 g/mol. The van der Waals surface area contributed by atoms with Gasteiger partial charge >= 0.3 is 59.1 Å². The number of nitrogens with one attached hydrogen (secondary N) is 2. The monoisotopic (exact) mass is 452 g/mol. The fourth-order valence-electron chi connectivity index (χ4n) is 2.01. The molecule has 0 bridgehead atoms. The van der Waals surface area contributed by atoms with Gasteiger partial charge in [-0.15, -0.1) is 0 Å². The summed E-state index contributed by atoms with van der Waals surface area (Å²) in [5, 5.41) is 4.21. The Labute approximate surface area is 238 Å². The van der Waals surface area contributed by atoms with Crippen LogP contribution in [0.15, 0.2) is 0 Å². The number of carbonyl (C=O) groups is 2. The van der Waals surface area contributed by atoms with Crippen LogP contribution in [0.25, 0.3) is 0 Å². The standard InChI is InChI=1S/C8H16N2O10P2.4Na/c1-3-9-7(12)8(19-21(13,14)15,20-22(16,17)18)5-4(2)10-6(5)11;;;;/h4-5H,3H2,1-2H3,(H,9,12)(H,10,11)(H2,13,14,15)(H2,16,17,18);;;;/q;;;2*+1/p-2. The van der Waals surface area contributed by atoms with Crippen molar-refractivity contribution in [3.8, 4) is 0 Å². The number of carbonyl (C=O) groups excluding carboxylic acids is 2. The van der Waals surface area contributed by atoms with E-state index in [1.54, 1.807) is 0 Å². The maximum atomic E-state index is 12.1. The van der Waals surface area contributed by atoms with Crippen molar-refractivity contribution in [2.75, 3.05) is 6.54 Å². The van der Waals surface area contributed by atoms with Crippen molar-refractivity contribution < 1.29 is 106 Å². The molecule has 1 saturated heterocycles. The summed E-state index contributed by atoms with van der Waals surface area (Å²) in [6, 6.07) is -0.937. The molecule has 4 N–H and O–H groups in total. The molecule has 12 nitrogen and oxygen atoms in total. The van der Waals surface area contributed by atoms with Gasteiger partial charge in [0.15, 0.2) is 0 Å². The van der Waals surface area contributed by atoms with Crippen molar-refractivity contribution >= 4 is 86.6 Å². The number of likely N-dealkylation sites (N-methyl/N-ethyl adjacent to an activating group) is 1. The van der Waals surface area contributed by atoms with Crippen LogP contribution in [0.2, 0.25) is 0 Å². The van der Waals surface area contributed by atoms with Crippen LogP contribution in [0.5, 0.6) is 0 Å². The van der Waals surface area contributed by atoms with E-state index in [9.17, 15) is 28.5 Å². The number of rotatable bonds is 7. The van der Waals surface area contributed by atoms with Crippen LogP contribution in [0.4, 0.5) is 0 Å². The molecule has 1 heterocycles. The zero-order valence-electron chi connectivity index (χ0n) is 15.4. The Morgan fingerprint density at radius 1 is 1.23 bits per heavy atom. The van der Waals surface area contributed by atoms with Crippen LogP contribution in [-0.4, -0.2) is 99.1 Å². The quantitative estimate of drug-likeness (QED) is 0.125. The molecule has 4 atom stereocenters. The van der Waals surface area contributed by atoms with Crippen LogP contribution < -0.4 is 79.5 Å². The number of hydrogen-bond donors (Lipinski definition) is 4. The summed E-state index contributed by atoms with van der Waals surface area (Å²) in [4.78, 5) is 63.3. The largest absolute Gasteiger partial charge is 1.00 e. The van der Waals surface area contributed by atoms with Gasteiger partial charge < -0.3 is 30.2 Å². The molecule has 0 aromatic heterocycles. The van der Waals surface area contributed by atoms with Gasteiger partial charge in [0.25, 0.3) is 27.3 Å². The Morgan fingerprint density at radius 2 is 1.62 bits per heavy atom. The zero-order valence-corrected chi connectivity index (χ0v) is 25.2. The van der Waals surface area contributed by atoms with E-state index in [2.05, 4.69) is 14.4 Å². The van der Waals surface area contributed by atoms with Gasteiger partial charge in [-0.05, 0) is 13.8 Å². The number of hydrogen-bond acceptors (Lipinski definition) is 8. The normalized spacial score (nSPS) is 24.8. The minimum absolute atomic E-state index is 0. The molecule has 2 amide bonds. The van der Waals surface area contributed by atoms with E-state index in [-0.39, 0.29) is 125 Å². The average Bonchev–Trinajstić information content (AvgIpc) is 2.23. The smallest absolute Gasteiger partial charge is 0.756 e. The van der Waals surface area contributed by atoms with Gasteiger partial charge in [0.2, 0.25) is 5.91 Å². The van der Waals surface area contributed by atoms with E-state index in [1.165, 1.54) is 13.8 Å². The van der Waals surface area contributed by atoms with Crippen LogP contribution in [-0.2, 0) is 27.8 Å². The summed E-state index contributed by atoms with van der Waals surface area (Å²) in [7, 11) is -11.4. The van der Waals surface area contributed by atoms with E-state index in [4.69, 9.17) is 9.79 Å². The molecule has 0 aromatic carbocycles. The fraction of sp³-hybridized carbons (Fsp3) is 0.750. The van der Waals surface area contributed by atoms with E-state index in [0.717, 1.165) is 0 Å². The second kappa shape index (κ2) is 14.3. The molecule has 0 spiro atoms. The van der Waals surface area contributed by atoms with Gasteiger partial charge in [-0.25, -0.2) is 0 Å². The summed E-state index contributed by atoms with van der Waals surface area (Å²) >= 11 is 0. The van der Waals surface area contributed by atoms with E-state index in [0.29, 0.717) is 0 Å². The number of amides is 2. The molecular weight excluding hydrogens is 438 g/mol. The maximum Gasteiger partial charge on any atom is 1.00 e.